The maximum Gasteiger partial charge on any atom is 0.235 e. The second-order valence-corrected chi connectivity index (χ2v) is 2.15. The van der Waals surface area contributed by atoms with Crippen LogP contribution in [0.25, 0.3) is 0 Å². The van der Waals surface area contributed by atoms with Crippen molar-refractivity contribution in [2.45, 2.75) is 13.0 Å². The Balaban J connectivity index is 2.84. The van der Waals surface area contributed by atoms with Gasteiger partial charge in [0.15, 0.2) is 0 Å². The summed E-state index contributed by atoms with van der Waals surface area (Å²) in [5, 5.41) is 0. The number of nitrogens with zero attached hydrogens (tertiary/aromatic N) is 2. The van der Waals surface area contributed by atoms with E-state index < -0.39 is 0 Å². The Labute approximate surface area is 64.8 Å². The Hall–Kier alpha value is -1.47. The van der Waals surface area contributed by atoms with Crippen LogP contribution in [-0.4, -0.2) is 11.1 Å². The van der Waals surface area contributed by atoms with Crippen LogP contribution in [0.4, 0.5) is 0 Å². The van der Waals surface area contributed by atoms with Crippen molar-refractivity contribution in [2.24, 2.45) is 4.99 Å². The summed E-state index contributed by atoms with van der Waals surface area (Å²) in [6, 6.07) is 5.32. The van der Waals surface area contributed by atoms with Crippen molar-refractivity contribution in [1.82, 2.24) is 4.98 Å². The lowest BCUT2D eigenvalue weighted by molar-refractivity contribution is 0.559. The first-order valence-electron chi connectivity index (χ1n) is 3.32. The van der Waals surface area contributed by atoms with Gasteiger partial charge in [-0.2, -0.15) is 4.99 Å². The van der Waals surface area contributed by atoms with E-state index in [0.717, 1.165) is 5.69 Å². The highest BCUT2D eigenvalue weighted by Crippen LogP contribution is 2.11. The molecule has 0 aliphatic carbocycles. The van der Waals surface area contributed by atoms with E-state index in [0.29, 0.717) is 0 Å². The van der Waals surface area contributed by atoms with Crippen molar-refractivity contribution in [1.29, 1.82) is 0 Å². The monoisotopic (exact) mass is 148 g/mol. The molecular weight excluding hydrogens is 140 g/mol. The third-order valence-electron chi connectivity index (χ3n) is 1.36. The summed E-state index contributed by atoms with van der Waals surface area (Å²) in [4.78, 5) is 17.4. The molecular formula is C8H8N2O. The summed E-state index contributed by atoms with van der Waals surface area (Å²) in [5.74, 6) is 0. The lowest BCUT2D eigenvalue weighted by atomic mass is 10.2. The Morgan fingerprint density at radius 3 is 3.00 bits per heavy atom. The number of carbonyl (C=O) groups excluding carboxylic acids is 1. The standard InChI is InChI=1S/C8H8N2O/c1-7(10-6-11)8-4-2-3-5-9-8/h2-5,7H,1H3. The molecule has 1 atom stereocenters. The van der Waals surface area contributed by atoms with Gasteiger partial charge in [0.05, 0.1) is 5.69 Å². The first-order chi connectivity index (χ1) is 5.34. The normalized spacial score (nSPS) is 11.7. The molecule has 0 N–H and O–H groups in total. The molecule has 11 heavy (non-hydrogen) atoms. The van der Waals surface area contributed by atoms with E-state index >= 15 is 0 Å². The molecule has 0 saturated heterocycles. The molecule has 56 valence electrons. The lowest BCUT2D eigenvalue weighted by Gasteiger charge is -2.00. The maximum atomic E-state index is 9.87. The average molecular weight is 148 g/mol. The number of hydrogen-bond donors (Lipinski definition) is 0. The Morgan fingerprint density at radius 2 is 2.45 bits per heavy atom. The quantitative estimate of drug-likeness (QED) is 0.471. The fourth-order valence-corrected chi connectivity index (χ4v) is 0.768. The van der Waals surface area contributed by atoms with Crippen molar-refractivity contribution in [3.05, 3.63) is 30.1 Å². The fourth-order valence-electron chi connectivity index (χ4n) is 0.768. The van der Waals surface area contributed by atoms with Crippen LogP contribution in [-0.2, 0) is 4.79 Å². The van der Waals surface area contributed by atoms with Gasteiger partial charge >= 0.3 is 0 Å². The summed E-state index contributed by atoms with van der Waals surface area (Å²) >= 11 is 0. The van der Waals surface area contributed by atoms with Crippen LogP contribution in [0, 0.1) is 0 Å². The van der Waals surface area contributed by atoms with Crippen LogP contribution >= 0.6 is 0 Å². The van der Waals surface area contributed by atoms with Crippen LogP contribution in [0.1, 0.15) is 18.7 Å². The number of hydrogen-bond acceptors (Lipinski definition) is 3. The molecule has 3 heteroatoms. The number of pyridine rings is 1. The highest BCUT2D eigenvalue weighted by atomic mass is 16.1. The van der Waals surface area contributed by atoms with Gasteiger partial charge in [-0.05, 0) is 19.1 Å². The van der Waals surface area contributed by atoms with E-state index in [1.807, 2.05) is 18.2 Å². The van der Waals surface area contributed by atoms with Crippen LogP contribution in [0.3, 0.4) is 0 Å². The maximum absolute atomic E-state index is 9.87. The zero-order valence-electron chi connectivity index (χ0n) is 6.19. The third kappa shape index (κ3) is 1.99. The molecule has 0 fully saturated rings. The molecule has 0 aliphatic rings. The molecule has 0 radical (unpaired) electrons. The van der Waals surface area contributed by atoms with Gasteiger partial charge in [0.25, 0.3) is 0 Å². The molecule has 0 aliphatic heterocycles. The molecule has 0 saturated carbocycles. The zero-order chi connectivity index (χ0) is 8.10. The molecule has 0 aromatic carbocycles. The van der Waals surface area contributed by atoms with Crippen LogP contribution < -0.4 is 0 Å². The van der Waals surface area contributed by atoms with Gasteiger partial charge in [0, 0.05) is 6.20 Å². The van der Waals surface area contributed by atoms with E-state index in [-0.39, 0.29) is 6.04 Å². The predicted molar refractivity (Wildman–Crippen MR) is 40.8 cm³/mol. The largest absolute Gasteiger partial charge is 0.259 e. The van der Waals surface area contributed by atoms with Gasteiger partial charge in [0.2, 0.25) is 6.08 Å². The second-order valence-electron chi connectivity index (χ2n) is 2.15. The van der Waals surface area contributed by atoms with Crippen LogP contribution in [0.5, 0.6) is 0 Å². The van der Waals surface area contributed by atoms with Gasteiger partial charge in [-0.25, -0.2) is 4.79 Å². The van der Waals surface area contributed by atoms with Crippen molar-refractivity contribution in [2.75, 3.05) is 0 Å². The minimum absolute atomic E-state index is 0.186. The number of rotatable bonds is 2. The highest BCUT2D eigenvalue weighted by molar-refractivity contribution is 5.34. The van der Waals surface area contributed by atoms with E-state index in [2.05, 4.69) is 9.98 Å². The minimum Gasteiger partial charge on any atom is -0.259 e. The van der Waals surface area contributed by atoms with E-state index in [1.165, 1.54) is 6.08 Å². The minimum atomic E-state index is -0.186. The Morgan fingerprint density at radius 1 is 1.64 bits per heavy atom. The van der Waals surface area contributed by atoms with E-state index in [9.17, 15) is 4.79 Å². The molecule has 0 amide bonds. The molecule has 1 heterocycles. The first kappa shape index (κ1) is 7.63. The average Bonchev–Trinajstić information content (AvgIpc) is 2.07. The highest BCUT2D eigenvalue weighted by Gasteiger charge is 2.01. The van der Waals surface area contributed by atoms with Crippen LogP contribution in [0.15, 0.2) is 29.4 Å². The molecule has 1 unspecified atom stereocenters. The third-order valence-corrected chi connectivity index (χ3v) is 1.36. The van der Waals surface area contributed by atoms with Gasteiger partial charge in [-0.3, -0.25) is 4.98 Å². The molecule has 1 rings (SSSR count). The van der Waals surface area contributed by atoms with Crippen LogP contribution in [0.2, 0.25) is 0 Å². The SMILES string of the molecule is CC(N=C=O)c1ccccn1. The number of aliphatic imine (C=N–C) groups is 1. The lowest BCUT2D eigenvalue weighted by Crippen LogP contribution is -1.91. The van der Waals surface area contributed by atoms with Crippen molar-refractivity contribution < 1.29 is 4.79 Å². The first-order valence-corrected chi connectivity index (χ1v) is 3.32. The number of aromatic nitrogens is 1. The summed E-state index contributed by atoms with van der Waals surface area (Å²) in [6.07, 6.45) is 3.17. The summed E-state index contributed by atoms with van der Waals surface area (Å²) in [5.41, 5.74) is 0.788. The van der Waals surface area contributed by atoms with E-state index in [4.69, 9.17) is 0 Å². The van der Waals surface area contributed by atoms with Gasteiger partial charge < -0.3 is 0 Å². The number of isocyanates is 1. The smallest absolute Gasteiger partial charge is 0.235 e. The van der Waals surface area contributed by atoms with Gasteiger partial charge in [-0.1, -0.05) is 6.07 Å². The molecule has 0 spiro atoms. The second kappa shape index (κ2) is 3.64. The summed E-state index contributed by atoms with van der Waals surface area (Å²) < 4.78 is 0. The fraction of sp³-hybridized carbons (Fsp3) is 0.250. The molecule has 1 aromatic heterocycles. The summed E-state index contributed by atoms with van der Waals surface area (Å²) in [7, 11) is 0. The molecule has 1 aromatic rings. The van der Waals surface area contributed by atoms with Gasteiger partial charge in [0.1, 0.15) is 6.04 Å². The zero-order valence-corrected chi connectivity index (χ0v) is 6.19. The Bertz CT molecular complexity index is 265. The van der Waals surface area contributed by atoms with Crippen molar-refractivity contribution in [3.63, 3.8) is 0 Å². The molecule has 0 bridgehead atoms. The summed E-state index contributed by atoms with van der Waals surface area (Å²) in [6.45, 7) is 1.80. The molecule has 3 nitrogen and oxygen atoms in total. The van der Waals surface area contributed by atoms with Crippen molar-refractivity contribution >= 4 is 6.08 Å². The predicted octanol–water partition coefficient (Wildman–Crippen LogP) is 1.48. The van der Waals surface area contributed by atoms with Crippen molar-refractivity contribution in [3.8, 4) is 0 Å². The van der Waals surface area contributed by atoms with Gasteiger partial charge in [-0.15, -0.1) is 0 Å². The Kier molecular flexibility index (Phi) is 2.53. The topological polar surface area (TPSA) is 42.3 Å². The van der Waals surface area contributed by atoms with E-state index in [1.54, 1.807) is 13.1 Å².